The fourth-order valence-corrected chi connectivity index (χ4v) is 2.43. The van der Waals surface area contributed by atoms with Crippen molar-refractivity contribution in [3.8, 4) is 0 Å². The van der Waals surface area contributed by atoms with E-state index >= 15 is 0 Å². The van der Waals surface area contributed by atoms with Gasteiger partial charge in [-0.3, -0.25) is 0 Å². The molecule has 108 valence electrons. The summed E-state index contributed by atoms with van der Waals surface area (Å²) in [5, 5.41) is 18.8. The van der Waals surface area contributed by atoms with Gasteiger partial charge in [-0.1, -0.05) is 48.5 Å². The molecule has 0 aliphatic carbocycles. The van der Waals surface area contributed by atoms with Crippen LogP contribution < -0.4 is 10.4 Å². The Balaban J connectivity index is 2.12. The van der Waals surface area contributed by atoms with E-state index in [2.05, 4.69) is 4.90 Å². The Bertz CT molecular complexity index is 693. The number of rotatable bonds is 4. The van der Waals surface area contributed by atoms with E-state index in [1.54, 1.807) is 12.1 Å². The van der Waals surface area contributed by atoms with Crippen LogP contribution in [0.3, 0.4) is 0 Å². The third kappa shape index (κ3) is 3.03. The Labute approximate surface area is 130 Å². The van der Waals surface area contributed by atoms with Gasteiger partial charge in [-0.25, -0.2) is 0 Å². The summed E-state index contributed by atoms with van der Waals surface area (Å²) < 4.78 is 0. The summed E-state index contributed by atoms with van der Waals surface area (Å²) in [4.78, 5) is 2.08. The fraction of sp³-hybridized carbons (Fsp3) is 0. The van der Waals surface area contributed by atoms with Crippen molar-refractivity contribution >= 4 is 29.6 Å². The lowest BCUT2D eigenvalue weighted by Gasteiger charge is -2.25. The normalized spacial score (nSPS) is 10.3. The van der Waals surface area contributed by atoms with E-state index < -0.39 is 7.12 Å². The first-order valence-electron chi connectivity index (χ1n) is 7.12. The largest absolute Gasteiger partial charge is 0.488 e. The molecular weight excluding hydrogens is 273 g/mol. The van der Waals surface area contributed by atoms with E-state index in [4.69, 9.17) is 0 Å². The monoisotopic (exact) mass is 289 g/mol. The summed E-state index contributed by atoms with van der Waals surface area (Å²) in [7, 11) is -1.48. The first-order chi connectivity index (χ1) is 10.8. The van der Waals surface area contributed by atoms with Crippen molar-refractivity contribution in [1.82, 2.24) is 0 Å². The van der Waals surface area contributed by atoms with Crippen molar-refractivity contribution in [2.75, 3.05) is 4.90 Å². The average molecular weight is 289 g/mol. The second-order valence-electron chi connectivity index (χ2n) is 4.98. The van der Waals surface area contributed by atoms with Crippen molar-refractivity contribution in [2.24, 2.45) is 0 Å². The van der Waals surface area contributed by atoms with Gasteiger partial charge in [-0.05, 0) is 41.9 Å². The molecule has 22 heavy (non-hydrogen) atoms. The van der Waals surface area contributed by atoms with Gasteiger partial charge < -0.3 is 14.9 Å². The molecule has 2 N–H and O–H groups in total. The lowest BCUT2D eigenvalue weighted by molar-refractivity contribution is 0.426. The number of nitrogens with zero attached hydrogens (tertiary/aromatic N) is 1. The molecule has 0 fully saturated rings. The van der Waals surface area contributed by atoms with Crippen LogP contribution in [0.5, 0.6) is 0 Å². The fourth-order valence-electron chi connectivity index (χ4n) is 2.43. The van der Waals surface area contributed by atoms with E-state index in [0.717, 1.165) is 17.1 Å². The van der Waals surface area contributed by atoms with Crippen molar-refractivity contribution < 1.29 is 10.0 Å². The van der Waals surface area contributed by atoms with Crippen LogP contribution in [-0.2, 0) is 0 Å². The van der Waals surface area contributed by atoms with Gasteiger partial charge in [0.15, 0.2) is 0 Å². The molecule has 0 amide bonds. The van der Waals surface area contributed by atoms with Crippen molar-refractivity contribution in [1.29, 1.82) is 0 Å². The molecule has 0 spiro atoms. The number of anilines is 3. The Morgan fingerprint density at radius 3 is 1.59 bits per heavy atom. The van der Waals surface area contributed by atoms with Crippen molar-refractivity contribution in [2.45, 2.75) is 0 Å². The number of para-hydroxylation sites is 2. The van der Waals surface area contributed by atoms with Gasteiger partial charge in [0, 0.05) is 17.1 Å². The van der Waals surface area contributed by atoms with Gasteiger partial charge in [0.2, 0.25) is 0 Å². The minimum absolute atomic E-state index is 0.467. The van der Waals surface area contributed by atoms with Crippen LogP contribution in [0.1, 0.15) is 0 Å². The zero-order valence-corrected chi connectivity index (χ0v) is 12.0. The zero-order chi connectivity index (χ0) is 15.4. The van der Waals surface area contributed by atoms with Gasteiger partial charge in [-0.15, -0.1) is 0 Å². The molecule has 3 nitrogen and oxygen atoms in total. The molecule has 0 saturated carbocycles. The Kier molecular flexibility index (Phi) is 4.23. The maximum absolute atomic E-state index is 9.41. The summed E-state index contributed by atoms with van der Waals surface area (Å²) in [6, 6.07) is 27.2. The van der Waals surface area contributed by atoms with Gasteiger partial charge in [-0.2, -0.15) is 0 Å². The van der Waals surface area contributed by atoms with Gasteiger partial charge in [0.25, 0.3) is 0 Å². The lowest BCUT2D eigenvalue weighted by atomic mass is 9.80. The summed E-state index contributed by atoms with van der Waals surface area (Å²) in [6.45, 7) is 0. The molecular formula is C18H16BNO2. The van der Waals surface area contributed by atoms with Gasteiger partial charge in [0.1, 0.15) is 0 Å². The molecule has 0 unspecified atom stereocenters. The Morgan fingerprint density at radius 1 is 0.591 bits per heavy atom. The molecule has 0 atom stereocenters. The highest BCUT2D eigenvalue weighted by molar-refractivity contribution is 6.58. The SMILES string of the molecule is OB(O)c1cccc(N(c2ccccc2)c2ccccc2)c1. The summed E-state index contributed by atoms with van der Waals surface area (Å²) >= 11 is 0. The molecule has 0 radical (unpaired) electrons. The minimum Gasteiger partial charge on any atom is -0.423 e. The smallest absolute Gasteiger partial charge is 0.423 e. The third-order valence-electron chi connectivity index (χ3n) is 3.46. The molecule has 0 bridgehead atoms. The van der Waals surface area contributed by atoms with Crippen LogP contribution in [0.15, 0.2) is 84.9 Å². The van der Waals surface area contributed by atoms with E-state index in [9.17, 15) is 10.0 Å². The molecule has 4 heteroatoms. The summed E-state index contributed by atoms with van der Waals surface area (Å²) in [5.74, 6) is 0. The van der Waals surface area contributed by atoms with Crippen molar-refractivity contribution in [3.63, 3.8) is 0 Å². The first kappa shape index (κ1) is 14.4. The van der Waals surface area contributed by atoms with Gasteiger partial charge in [0.05, 0.1) is 0 Å². The van der Waals surface area contributed by atoms with Crippen LogP contribution in [0.4, 0.5) is 17.1 Å². The molecule has 3 aromatic rings. The topological polar surface area (TPSA) is 43.7 Å². The molecule has 0 aliphatic rings. The Morgan fingerprint density at radius 2 is 1.09 bits per heavy atom. The van der Waals surface area contributed by atoms with Crippen LogP contribution >= 0.6 is 0 Å². The zero-order valence-electron chi connectivity index (χ0n) is 12.0. The first-order valence-corrected chi connectivity index (χ1v) is 7.12. The molecule has 3 aromatic carbocycles. The lowest BCUT2D eigenvalue weighted by Crippen LogP contribution is -2.30. The third-order valence-corrected chi connectivity index (χ3v) is 3.46. The highest BCUT2D eigenvalue weighted by Crippen LogP contribution is 2.33. The predicted molar refractivity (Wildman–Crippen MR) is 91.0 cm³/mol. The molecule has 0 aliphatic heterocycles. The average Bonchev–Trinajstić information content (AvgIpc) is 2.57. The van der Waals surface area contributed by atoms with Crippen molar-refractivity contribution in [3.05, 3.63) is 84.9 Å². The highest BCUT2D eigenvalue weighted by atomic mass is 16.4. The van der Waals surface area contributed by atoms with Gasteiger partial charge >= 0.3 is 7.12 Å². The summed E-state index contributed by atoms with van der Waals surface area (Å²) in [6.07, 6.45) is 0. The Hall–Kier alpha value is -2.56. The van der Waals surface area contributed by atoms with E-state index in [-0.39, 0.29) is 0 Å². The van der Waals surface area contributed by atoms with Crippen LogP contribution in [-0.4, -0.2) is 17.2 Å². The number of hydrogen-bond acceptors (Lipinski definition) is 3. The number of hydrogen-bond donors (Lipinski definition) is 2. The molecule has 0 saturated heterocycles. The van der Waals surface area contributed by atoms with Crippen LogP contribution in [0, 0.1) is 0 Å². The maximum atomic E-state index is 9.41. The molecule has 0 aromatic heterocycles. The van der Waals surface area contributed by atoms with E-state index in [0.29, 0.717) is 5.46 Å². The quantitative estimate of drug-likeness (QED) is 0.726. The molecule has 3 rings (SSSR count). The van der Waals surface area contributed by atoms with Crippen LogP contribution in [0.25, 0.3) is 0 Å². The van der Waals surface area contributed by atoms with E-state index in [1.165, 1.54) is 0 Å². The van der Waals surface area contributed by atoms with E-state index in [1.807, 2.05) is 72.8 Å². The molecule has 0 heterocycles. The number of benzene rings is 3. The standard InChI is InChI=1S/C18H16BNO2/c21-19(22)15-8-7-13-18(14-15)20(16-9-3-1-4-10-16)17-11-5-2-6-12-17/h1-14,21-22H. The second kappa shape index (κ2) is 6.47. The maximum Gasteiger partial charge on any atom is 0.488 e. The predicted octanol–water partition coefficient (Wildman–Crippen LogP) is 2.84. The minimum atomic E-state index is -1.48. The summed E-state index contributed by atoms with van der Waals surface area (Å²) in [5.41, 5.74) is 3.37. The highest BCUT2D eigenvalue weighted by Gasteiger charge is 2.15. The second-order valence-corrected chi connectivity index (χ2v) is 4.98. The van der Waals surface area contributed by atoms with Crippen LogP contribution in [0.2, 0.25) is 0 Å².